The Bertz CT molecular complexity index is 477. The van der Waals surface area contributed by atoms with Gasteiger partial charge < -0.3 is 9.80 Å². The van der Waals surface area contributed by atoms with E-state index in [4.69, 9.17) is 10.2 Å². The highest BCUT2D eigenvalue weighted by atomic mass is 16.7. The molecule has 0 saturated carbocycles. The molecule has 2 heterocycles. The third-order valence-electron chi connectivity index (χ3n) is 2.76. The van der Waals surface area contributed by atoms with Gasteiger partial charge in [-0.05, 0) is 6.92 Å². The van der Waals surface area contributed by atoms with E-state index < -0.39 is 0 Å². The van der Waals surface area contributed by atoms with Gasteiger partial charge in [0, 0.05) is 34.7 Å². The molecule has 9 heteroatoms. The van der Waals surface area contributed by atoms with Crippen molar-refractivity contribution in [1.29, 1.82) is 5.41 Å². The summed E-state index contributed by atoms with van der Waals surface area (Å²) >= 11 is 0. The molecule has 1 saturated heterocycles. The van der Waals surface area contributed by atoms with E-state index >= 15 is 0 Å². The van der Waals surface area contributed by atoms with Crippen LogP contribution in [0.2, 0.25) is 0 Å². The van der Waals surface area contributed by atoms with Crippen LogP contribution in [-0.4, -0.2) is 67.4 Å². The predicted octanol–water partition coefficient (Wildman–Crippen LogP) is -0.0306. The second-order valence-corrected chi connectivity index (χ2v) is 4.73. The lowest BCUT2D eigenvalue weighted by Crippen LogP contribution is -2.34. The van der Waals surface area contributed by atoms with Crippen LogP contribution in [0.5, 0.6) is 0 Å². The number of guanidine groups is 1. The van der Waals surface area contributed by atoms with Crippen LogP contribution in [0.4, 0.5) is 17.8 Å². The molecule has 1 N–H and O–H groups in total. The first-order valence-electron chi connectivity index (χ1n) is 6.31. The number of hydrogen-bond donors (Lipinski definition) is 1. The first-order chi connectivity index (χ1) is 9.43. The molecule has 2 rings (SSSR count). The topological polar surface area (TPSA) is 84.7 Å². The minimum Gasteiger partial charge on any atom is -0.347 e. The third kappa shape index (κ3) is 2.57. The summed E-state index contributed by atoms with van der Waals surface area (Å²) in [4.78, 5) is 23.7. The number of hydrogen-bond acceptors (Lipinski definition) is 7. The molecule has 1 aromatic heterocycles. The van der Waals surface area contributed by atoms with Gasteiger partial charge in [0.2, 0.25) is 23.8 Å². The largest absolute Gasteiger partial charge is 0.347 e. The fourth-order valence-electron chi connectivity index (χ4n) is 1.64. The molecule has 1 aliphatic heterocycles. The fraction of sp³-hybridized carbons (Fsp3) is 0.636. The van der Waals surface area contributed by atoms with E-state index in [2.05, 4.69) is 15.0 Å². The molecule has 110 valence electrons. The van der Waals surface area contributed by atoms with Gasteiger partial charge in [-0.15, -0.1) is 0 Å². The molecule has 0 radical (unpaired) electrons. The summed E-state index contributed by atoms with van der Waals surface area (Å²) in [5.74, 6) is 1.73. The maximum absolute atomic E-state index is 8.06. The van der Waals surface area contributed by atoms with Gasteiger partial charge in [-0.3, -0.25) is 10.3 Å². The molecule has 0 spiro atoms. The summed E-state index contributed by atoms with van der Waals surface area (Å²) in [6.45, 7) is 2.75. The molecule has 0 atom stereocenters. The minimum atomic E-state index is 0.230. The summed E-state index contributed by atoms with van der Waals surface area (Å²) in [5.41, 5.74) is 0. The summed E-state index contributed by atoms with van der Waals surface area (Å²) in [7, 11) is 7.46. The highest BCUT2D eigenvalue weighted by Gasteiger charge is 2.29. The van der Waals surface area contributed by atoms with Crippen molar-refractivity contribution >= 4 is 23.8 Å². The molecular weight excluding hydrogens is 260 g/mol. The second kappa shape index (κ2) is 5.45. The van der Waals surface area contributed by atoms with Crippen LogP contribution in [0.25, 0.3) is 0 Å². The highest BCUT2D eigenvalue weighted by molar-refractivity contribution is 5.92. The maximum atomic E-state index is 8.06. The van der Waals surface area contributed by atoms with E-state index in [1.807, 2.05) is 35.1 Å². The molecule has 0 aliphatic carbocycles. The van der Waals surface area contributed by atoms with Crippen molar-refractivity contribution in [3.05, 3.63) is 0 Å². The predicted molar refractivity (Wildman–Crippen MR) is 77.0 cm³/mol. The van der Waals surface area contributed by atoms with Crippen molar-refractivity contribution in [2.24, 2.45) is 0 Å². The summed E-state index contributed by atoms with van der Waals surface area (Å²) < 4.78 is 0. The maximum Gasteiger partial charge on any atom is 0.240 e. The highest BCUT2D eigenvalue weighted by Crippen LogP contribution is 2.20. The van der Waals surface area contributed by atoms with Crippen molar-refractivity contribution < 1.29 is 4.84 Å². The van der Waals surface area contributed by atoms with Crippen LogP contribution >= 0.6 is 0 Å². The summed E-state index contributed by atoms with van der Waals surface area (Å²) in [6, 6.07) is 0. The number of anilines is 3. The van der Waals surface area contributed by atoms with Crippen LogP contribution in [-0.2, 0) is 4.84 Å². The zero-order valence-corrected chi connectivity index (χ0v) is 12.5. The van der Waals surface area contributed by atoms with E-state index in [1.165, 1.54) is 5.06 Å². The first kappa shape index (κ1) is 14.3. The van der Waals surface area contributed by atoms with Crippen molar-refractivity contribution in [2.45, 2.75) is 6.92 Å². The van der Waals surface area contributed by atoms with Crippen molar-refractivity contribution in [3.63, 3.8) is 0 Å². The summed E-state index contributed by atoms with van der Waals surface area (Å²) in [6.07, 6.45) is 0. The van der Waals surface area contributed by atoms with Gasteiger partial charge in [0.05, 0.1) is 0 Å². The van der Waals surface area contributed by atoms with Crippen molar-refractivity contribution in [3.8, 4) is 0 Å². The van der Waals surface area contributed by atoms with Gasteiger partial charge in [-0.25, -0.2) is 9.90 Å². The van der Waals surface area contributed by atoms with Gasteiger partial charge in [-0.1, -0.05) is 0 Å². The lowest BCUT2D eigenvalue weighted by Gasteiger charge is -2.20. The number of rotatable bonds is 4. The molecule has 0 bridgehead atoms. The fourth-order valence-corrected chi connectivity index (χ4v) is 1.64. The molecule has 9 nitrogen and oxygen atoms in total. The number of hydroxylamine groups is 2. The Hall–Kier alpha value is -2.16. The molecule has 1 fully saturated rings. The SMILES string of the molecule is CCN1OCN(c2nc(N(C)C)nc(N(C)C)n2)C1=N. The van der Waals surface area contributed by atoms with Gasteiger partial charge in [0.25, 0.3) is 0 Å². The Morgan fingerprint density at radius 2 is 1.65 bits per heavy atom. The second-order valence-electron chi connectivity index (χ2n) is 4.73. The normalized spacial score (nSPS) is 14.9. The zero-order valence-electron chi connectivity index (χ0n) is 12.5. The van der Waals surface area contributed by atoms with E-state index in [0.29, 0.717) is 24.4 Å². The van der Waals surface area contributed by atoms with E-state index in [9.17, 15) is 0 Å². The molecule has 1 aromatic rings. The molecular formula is C11H20N8O. The number of aromatic nitrogens is 3. The van der Waals surface area contributed by atoms with Gasteiger partial charge >= 0.3 is 0 Å². The molecule has 0 aromatic carbocycles. The lowest BCUT2D eigenvalue weighted by atomic mass is 10.6. The van der Waals surface area contributed by atoms with Crippen LogP contribution in [0.1, 0.15) is 6.92 Å². The lowest BCUT2D eigenvalue weighted by molar-refractivity contribution is -0.0655. The third-order valence-corrected chi connectivity index (χ3v) is 2.76. The smallest absolute Gasteiger partial charge is 0.240 e. The van der Waals surface area contributed by atoms with Gasteiger partial charge in [0.15, 0.2) is 6.73 Å². The zero-order chi connectivity index (χ0) is 14.9. The van der Waals surface area contributed by atoms with Crippen molar-refractivity contribution in [1.82, 2.24) is 20.0 Å². The summed E-state index contributed by atoms with van der Waals surface area (Å²) in [5, 5.41) is 9.55. The number of nitrogens with zero attached hydrogens (tertiary/aromatic N) is 7. The van der Waals surface area contributed by atoms with E-state index in [-0.39, 0.29) is 12.7 Å². The monoisotopic (exact) mass is 280 g/mol. The van der Waals surface area contributed by atoms with Crippen LogP contribution < -0.4 is 14.7 Å². The van der Waals surface area contributed by atoms with E-state index in [1.54, 1.807) is 14.7 Å². The molecule has 0 amide bonds. The Morgan fingerprint density at radius 3 is 2.05 bits per heavy atom. The average molecular weight is 280 g/mol. The van der Waals surface area contributed by atoms with Crippen molar-refractivity contribution in [2.75, 3.05) is 56.2 Å². The van der Waals surface area contributed by atoms with Crippen LogP contribution in [0, 0.1) is 5.41 Å². The molecule has 20 heavy (non-hydrogen) atoms. The standard InChI is InChI=1S/C11H20N8O/c1-6-19-8(12)18(7-20-19)11-14-9(16(2)3)13-10(15-11)17(4)5/h12H,6-7H2,1-5H3. The van der Waals surface area contributed by atoms with Gasteiger partial charge in [0.1, 0.15) is 0 Å². The molecule has 1 aliphatic rings. The Labute approximate surface area is 118 Å². The minimum absolute atomic E-state index is 0.230. The average Bonchev–Trinajstić information content (AvgIpc) is 2.79. The quantitative estimate of drug-likeness (QED) is 0.823. The van der Waals surface area contributed by atoms with Crippen LogP contribution in [0.3, 0.4) is 0 Å². The Balaban J connectivity index is 2.38. The first-order valence-corrected chi connectivity index (χ1v) is 6.31. The van der Waals surface area contributed by atoms with Crippen LogP contribution in [0.15, 0.2) is 0 Å². The number of nitrogens with one attached hydrogen (secondary N) is 1. The Morgan fingerprint density at radius 1 is 1.10 bits per heavy atom. The van der Waals surface area contributed by atoms with E-state index in [0.717, 1.165) is 0 Å². The van der Waals surface area contributed by atoms with Gasteiger partial charge in [-0.2, -0.15) is 15.0 Å². The molecule has 0 unspecified atom stereocenters. The Kier molecular flexibility index (Phi) is 3.89.